The Morgan fingerprint density at radius 1 is 0.362 bits per heavy atom. The average molecular weight is 858 g/mol. The molecule has 4 heterocycles. The molecule has 4 nitrogen and oxygen atoms in total. The van der Waals surface area contributed by atoms with Gasteiger partial charge < -0.3 is 69.1 Å². The molecule has 0 saturated heterocycles. The maximum atomic E-state index is 9.75. The molecule has 0 radical (unpaired) electrons. The van der Waals surface area contributed by atoms with Gasteiger partial charge in [0.2, 0.25) is 0 Å². The number of pyridine rings is 4. The van der Waals surface area contributed by atoms with Crippen molar-refractivity contribution in [3.05, 3.63) is 85.7 Å². The smallest absolute Gasteiger partial charge is 0.418 e. The molecule has 0 atom stereocenters. The first-order valence-corrected chi connectivity index (χ1v) is 18.1. The number of nitrogens with zero attached hydrogens (tertiary/aromatic N) is 4. The van der Waals surface area contributed by atoms with Gasteiger partial charge in [0.05, 0.1) is 0 Å². The minimum absolute atomic E-state index is 1.10. The molecular formula is C34H46B4F16N4. The minimum Gasteiger partial charge on any atom is -0.418 e. The Balaban J connectivity index is 0.00000134. The monoisotopic (exact) mass is 858 g/mol. The predicted octanol–water partition coefficient (Wildman–Crippen LogP) is 11.3. The summed E-state index contributed by atoms with van der Waals surface area (Å²) in [6, 6.07) is 17.9. The molecule has 0 spiro atoms. The lowest BCUT2D eigenvalue weighted by atomic mass is 10.1. The number of unbranched alkanes of at least 4 members (excludes halogenated alkanes) is 6. The highest BCUT2D eigenvalue weighted by Gasteiger charge is 2.23. The molecule has 0 aliphatic carbocycles. The van der Waals surface area contributed by atoms with Gasteiger partial charge in [0.1, 0.15) is 27.2 Å². The molecule has 0 aromatic carbocycles. The zero-order valence-electron chi connectivity index (χ0n) is 32.3. The second-order valence-corrected chi connectivity index (χ2v) is 12.6. The fourth-order valence-electron chi connectivity index (χ4n) is 5.13. The van der Waals surface area contributed by atoms with E-state index in [1.54, 1.807) is 0 Å². The molecule has 4 aromatic heterocycles. The predicted molar refractivity (Wildman–Crippen MR) is 195 cm³/mol. The van der Waals surface area contributed by atoms with Gasteiger partial charge in [-0.05, 0) is 36.1 Å². The first kappa shape index (κ1) is 53.7. The lowest BCUT2D eigenvalue weighted by molar-refractivity contribution is -0.697. The Morgan fingerprint density at radius 2 is 0.621 bits per heavy atom. The van der Waals surface area contributed by atoms with Crippen LogP contribution in [0, 0.1) is 0 Å². The van der Waals surface area contributed by atoms with E-state index in [0.717, 1.165) is 13.1 Å². The zero-order chi connectivity index (χ0) is 44.7. The quantitative estimate of drug-likeness (QED) is 0.0551. The second kappa shape index (κ2) is 26.0. The van der Waals surface area contributed by atoms with Gasteiger partial charge in [0.25, 0.3) is 11.4 Å². The maximum absolute atomic E-state index is 9.75. The third-order valence-corrected chi connectivity index (χ3v) is 7.52. The summed E-state index contributed by atoms with van der Waals surface area (Å²) in [4.78, 5) is 0. The standard InChI is InChI=1S/C34H46N4.4BF4/c1-5-7-9-11-21-37-23-17-29(18-24-37)31-13-15-33(35(3)27-31)34-16-14-32(28-36(34)4)30-19-25-38(26-20-30)22-12-10-8-6-2;4*2-1(3,4)5/h13-20,23-28H,5-12,21-22H2,1-4H3;;;;/q+4;4*-1. The molecule has 58 heavy (non-hydrogen) atoms. The van der Waals surface area contributed by atoms with Gasteiger partial charge in [-0.2, -0.15) is 9.13 Å². The van der Waals surface area contributed by atoms with E-state index in [1.807, 2.05) is 0 Å². The summed E-state index contributed by atoms with van der Waals surface area (Å²) >= 11 is 0. The van der Waals surface area contributed by atoms with Crippen LogP contribution in [0.4, 0.5) is 69.1 Å². The van der Waals surface area contributed by atoms with E-state index in [2.05, 4.69) is 132 Å². The van der Waals surface area contributed by atoms with Crippen LogP contribution in [-0.2, 0) is 27.2 Å². The Kier molecular flexibility index (Phi) is 24.1. The number of aromatic nitrogens is 4. The van der Waals surface area contributed by atoms with Gasteiger partial charge in [-0.15, -0.1) is 0 Å². The van der Waals surface area contributed by atoms with Gasteiger partial charge in [-0.25, -0.2) is 9.13 Å². The van der Waals surface area contributed by atoms with Crippen molar-refractivity contribution in [3.63, 3.8) is 0 Å². The van der Waals surface area contributed by atoms with Gasteiger partial charge >= 0.3 is 29.0 Å². The summed E-state index contributed by atoms with van der Waals surface area (Å²) in [6.07, 6.45) is 23.7. The lowest BCUT2D eigenvalue weighted by Crippen LogP contribution is -2.38. The fourth-order valence-corrected chi connectivity index (χ4v) is 5.13. The van der Waals surface area contributed by atoms with Crippen LogP contribution in [0.25, 0.3) is 33.6 Å². The van der Waals surface area contributed by atoms with Crippen molar-refractivity contribution in [1.29, 1.82) is 0 Å². The van der Waals surface area contributed by atoms with Gasteiger partial charge in [-0.3, -0.25) is 0 Å². The Morgan fingerprint density at radius 3 is 0.845 bits per heavy atom. The summed E-state index contributed by atoms with van der Waals surface area (Å²) < 4.78 is 165. The molecule has 0 N–H and O–H groups in total. The molecule has 0 amide bonds. The number of hydrogen-bond acceptors (Lipinski definition) is 0. The van der Waals surface area contributed by atoms with Crippen LogP contribution in [0.3, 0.4) is 0 Å². The minimum atomic E-state index is -6.00. The number of aryl methyl sites for hydroxylation is 4. The fraction of sp³-hybridized carbons (Fsp3) is 0.412. The van der Waals surface area contributed by atoms with Crippen LogP contribution >= 0.6 is 0 Å². The summed E-state index contributed by atoms with van der Waals surface area (Å²) in [7, 11) is -19.7. The SMILES string of the molecule is CCCCCC[n+]1ccc(-c2ccc(-c3ccc(-c4cc[n+](CCCCCC)cc4)c[n+]3C)[n+](C)c2)cc1.F[B-](F)(F)F.F[B-](F)(F)F.F[B-](F)(F)F.F[B-](F)(F)F. The molecule has 4 aromatic rings. The van der Waals surface area contributed by atoms with Crippen molar-refractivity contribution in [1.82, 2.24) is 0 Å². The molecular weight excluding hydrogens is 812 g/mol. The summed E-state index contributed by atoms with van der Waals surface area (Å²) in [6.45, 7) is 6.72. The van der Waals surface area contributed by atoms with Gasteiger partial charge in [-0.1, -0.05) is 39.5 Å². The normalized spacial score (nSPS) is 11.4. The van der Waals surface area contributed by atoms with Crippen molar-refractivity contribution < 1.29 is 87.3 Å². The highest BCUT2D eigenvalue weighted by molar-refractivity contribution is 6.51. The van der Waals surface area contributed by atoms with Crippen molar-refractivity contribution in [2.75, 3.05) is 0 Å². The van der Waals surface area contributed by atoms with Gasteiger partial charge in [0.15, 0.2) is 37.2 Å². The van der Waals surface area contributed by atoms with E-state index in [1.165, 1.54) is 85.0 Å². The maximum Gasteiger partial charge on any atom is 0.673 e. The number of rotatable bonds is 13. The molecule has 0 aliphatic heterocycles. The van der Waals surface area contributed by atoms with E-state index in [-0.39, 0.29) is 0 Å². The van der Waals surface area contributed by atoms with Crippen molar-refractivity contribution in [2.24, 2.45) is 14.1 Å². The first-order chi connectivity index (χ1) is 26.6. The first-order valence-electron chi connectivity index (χ1n) is 18.1. The van der Waals surface area contributed by atoms with E-state index < -0.39 is 29.0 Å². The summed E-state index contributed by atoms with van der Waals surface area (Å²) in [5, 5.41) is 0. The Labute approximate surface area is 328 Å². The molecule has 0 unspecified atom stereocenters. The highest BCUT2D eigenvalue weighted by Crippen LogP contribution is 2.22. The Hall–Kier alpha value is -4.26. The van der Waals surface area contributed by atoms with Gasteiger partial charge in [0, 0.05) is 60.4 Å². The molecule has 24 heteroatoms. The Bertz CT molecular complexity index is 1550. The van der Waals surface area contributed by atoms with E-state index in [9.17, 15) is 69.1 Å². The van der Waals surface area contributed by atoms with Crippen molar-refractivity contribution in [2.45, 2.75) is 78.3 Å². The molecule has 326 valence electrons. The van der Waals surface area contributed by atoms with Crippen molar-refractivity contribution in [3.8, 4) is 33.6 Å². The molecule has 0 fully saturated rings. The zero-order valence-corrected chi connectivity index (χ0v) is 32.3. The van der Waals surface area contributed by atoms with E-state index >= 15 is 0 Å². The molecule has 0 bridgehead atoms. The summed E-state index contributed by atoms with van der Waals surface area (Å²) in [5.74, 6) is 0. The largest absolute Gasteiger partial charge is 0.673 e. The molecule has 0 saturated carbocycles. The number of halogens is 16. The average Bonchev–Trinajstić information content (AvgIpc) is 3.06. The molecule has 4 rings (SSSR count). The second-order valence-electron chi connectivity index (χ2n) is 12.6. The van der Waals surface area contributed by atoms with Crippen LogP contribution in [0.2, 0.25) is 0 Å². The third-order valence-electron chi connectivity index (χ3n) is 7.52. The van der Waals surface area contributed by atoms with Crippen LogP contribution in [0.1, 0.15) is 65.2 Å². The molecule has 0 aliphatic rings. The third kappa shape index (κ3) is 30.8. The van der Waals surface area contributed by atoms with Crippen LogP contribution < -0.4 is 18.3 Å². The lowest BCUT2D eigenvalue weighted by Gasteiger charge is -2.05. The topological polar surface area (TPSA) is 15.5 Å². The summed E-state index contributed by atoms with van der Waals surface area (Å²) in [5.41, 5.74) is 7.37. The van der Waals surface area contributed by atoms with E-state index in [4.69, 9.17) is 0 Å². The van der Waals surface area contributed by atoms with Crippen LogP contribution in [0.15, 0.2) is 85.7 Å². The van der Waals surface area contributed by atoms with Crippen LogP contribution in [-0.4, -0.2) is 29.0 Å². The number of hydrogen-bond donors (Lipinski definition) is 0. The van der Waals surface area contributed by atoms with Crippen LogP contribution in [0.5, 0.6) is 0 Å². The van der Waals surface area contributed by atoms with Crippen molar-refractivity contribution >= 4 is 29.0 Å². The highest BCUT2D eigenvalue weighted by atomic mass is 19.5. The van der Waals surface area contributed by atoms with E-state index in [0.29, 0.717) is 0 Å².